The Bertz CT molecular complexity index is 639. The van der Waals surface area contributed by atoms with Crippen LogP contribution in [0.25, 0.3) is 0 Å². The first kappa shape index (κ1) is 23.3. The monoisotopic (exact) mass is 516 g/mol. The van der Waals surface area contributed by atoms with Gasteiger partial charge in [-0.15, -0.1) is 35.7 Å². The molecule has 3 unspecified atom stereocenters. The van der Waals surface area contributed by atoms with Gasteiger partial charge in [-0.25, -0.2) is 0 Å². The number of carbonyl (C=O) groups excluding carboxylic acids is 1. The minimum atomic E-state index is 0. The number of rotatable bonds is 7. The second-order valence-corrected chi connectivity index (χ2v) is 9.19. The average molecular weight is 516 g/mol. The zero-order valence-electron chi connectivity index (χ0n) is 16.8. The molecule has 2 saturated carbocycles. The molecule has 5 nitrogen and oxygen atoms in total. The topological polar surface area (TPSA) is 65.5 Å². The van der Waals surface area contributed by atoms with E-state index in [1.165, 1.54) is 4.90 Å². The number of hydrogen-bond donors (Lipinski definition) is 3. The van der Waals surface area contributed by atoms with E-state index in [1.54, 1.807) is 0 Å². The van der Waals surface area contributed by atoms with E-state index < -0.39 is 0 Å². The smallest absolute Gasteiger partial charge is 0.223 e. The zero-order valence-corrected chi connectivity index (χ0v) is 20.0. The lowest BCUT2D eigenvalue weighted by Crippen LogP contribution is -2.48. The predicted molar refractivity (Wildman–Crippen MR) is 129 cm³/mol. The van der Waals surface area contributed by atoms with Crippen molar-refractivity contribution >= 4 is 47.6 Å². The highest BCUT2D eigenvalue weighted by molar-refractivity contribution is 14.0. The Morgan fingerprint density at radius 2 is 1.89 bits per heavy atom. The molecule has 2 aliphatic rings. The summed E-state index contributed by atoms with van der Waals surface area (Å²) in [6.45, 7) is 3.06. The normalized spacial score (nSPS) is 23.3. The van der Waals surface area contributed by atoms with Crippen LogP contribution in [0.4, 0.5) is 0 Å². The van der Waals surface area contributed by atoms with Crippen molar-refractivity contribution in [3.8, 4) is 0 Å². The predicted octanol–water partition coefficient (Wildman–Crippen LogP) is 3.79. The summed E-state index contributed by atoms with van der Waals surface area (Å²) in [6, 6.07) is 11.2. The molecule has 7 heteroatoms. The summed E-state index contributed by atoms with van der Waals surface area (Å²) in [5.74, 6) is 1.23. The third-order valence-electron chi connectivity index (χ3n) is 5.17. The van der Waals surface area contributed by atoms with Gasteiger partial charge in [0.25, 0.3) is 0 Å². The SMILES string of the molecule is CN=C(NCC(C)Sc1ccccc1)NC1CCCC(C(=O)NC2CC2)C1.I. The summed E-state index contributed by atoms with van der Waals surface area (Å²) >= 11 is 1.86. The molecule has 2 fully saturated rings. The maximum atomic E-state index is 12.4. The van der Waals surface area contributed by atoms with Crippen LogP contribution in [0.1, 0.15) is 45.4 Å². The van der Waals surface area contributed by atoms with Crippen LogP contribution in [-0.2, 0) is 4.79 Å². The number of guanidine groups is 1. The van der Waals surface area contributed by atoms with Gasteiger partial charge in [-0.3, -0.25) is 9.79 Å². The fourth-order valence-electron chi connectivity index (χ4n) is 3.51. The second-order valence-electron chi connectivity index (χ2n) is 7.68. The van der Waals surface area contributed by atoms with Crippen molar-refractivity contribution in [1.82, 2.24) is 16.0 Å². The molecule has 3 atom stereocenters. The van der Waals surface area contributed by atoms with E-state index in [1.807, 2.05) is 24.9 Å². The number of aliphatic imine (C=N–C) groups is 1. The van der Waals surface area contributed by atoms with Crippen LogP contribution >= 0.6 is 35.7 Å². The second kappa shape index (κ2) is 11.9. The molecule has 28 heavy (non-hydrogen) atoms. The van der Waals surface area contributed by atoms with Gasteiger partial charge in [0.05, 0.1) is 0 Å². The van der Waals surface area contributed by atoms with E-state index in [-0.39, 0.29) is 35.8 Å². The maximum absolute atomic E-state index is 12.4. The zero-order chi connectivity index (χ0) is 19.1. The minimum Gasteiger partial charge on any atom is -0.355 e. The van der Waals surface area contributed by atoms with Crippen LogP contribution in [0, 0.1) is 5.92 Å². The van der Waals surface area contributed by atoms with Gasteiger partial charge in [-0.1, -0.05) is 31.5 Å². The average Bonchev–Trinajstić information content (AvgIpc) is 3.50. The van der Waals surface area contributed by atoms with Crippen molar-refractivity contribution in [3.05, 3.63) is 30.3 Å². The fourth-order valence-corrected chi connectivity index (χ4v) is 4.45. The number of amides is 1. The van der Waals surface area contributed by atoms with Gasteiger partial charge >= 0.3 is 0 Å². The van der Waals surface area contributed by atoms with Gasteiger partial charge < -0.3 is 16.0 Å². The first-order chi connectivity index (χ1) is 13.1. The Balaban J connectivity index is 0.00000280. The molecule has 1 amide bonds. The van der Waals surface area contributed by atoms with Crippen molar-refractivity contribution in [1.29, 1.82) is 0 Å². The Labute approximate surface area is 190 Å². The molecular formula is C21H33IN4OS. The number of carbonyl (C=O) groups is 1. The van der Waals surface area contributed by atoms with Gasteiger partial charge in [-0.2, -0.15) is 0 Å². The Morgan fingerprint density at radius 1 is 1.14 bits per heavy atom. The molecule has 3 rings (SSSR count). The summed E-state index contributed by atoms with van der Waals surface area (Å²) in [5, 5.41) is 10.6. The van der Waals surface area contributed by atoms with Gasteiger partial charge in [0, 0.05) is 41.7 Å². The third-order valence-corrected chi connectivity index (χ3v) is 6.28. The third kappa shape index (κ3) is 7.81. The summed E-state index contributed by atoms with van der Waals surface area (Å²) < 4.78 is 0. The van der Waals surface area contributed by atoms with Gasteiger partial charge in [-0.05, 0) is 44.2 Å². The summed E-state index contributed by atoms with van der Waals surface area (Å²) in [5.41, 5.74) is 0. The Hall–Kier alpha value is -0.960. The first-order valence-electron chi connectivity index (χ1n) is 10.1. The molecule has 2 aliphatic carbocycles. The van der Waals surface area contributed by atoms with Gasteiger partial charge in [0.2, 0.25) is 5.91 Å². The number of nitrogens with zero attached hydrogens (tertiary/aromatic N) is 1. The number of hydrogen-bond acceptors (Lipinski definition) is 3. The molecule has 0 saturated heterocycles. The molecule has 0 spiro atoms. The number of benzene rings is 1. The quantitative estimate of drug-likeness (QED) is 0.223. The molecule has 3 N–H and O–H groups in total. The highest BCUT2D eigenvalue weighted by Crippen LogP contribution is 2.27. The largest absolute Gasteiger partial charge is 0.355 e. The number of nitrogens with one attached hydrogen (secondary N) is 3. The van der Waals surface area contributed by atoms with Crippen molar-refractivity contribution in [2.24, 2.45) is 10.9 Å². The highest BCUT2D eigenvalue weighted by Gasteiger charge is 2.31. The highest BCUT2D eigenvalue weighted by atomic mass is 127. The van der Waals surface area contributed by atoms with Gasteiger partial charge in [0.1, 0.15) is 0 Å². The lowest BCUT2D eigenvalue weighted by atomic mass is 9.85. The number of thioether (sulfide) groups is 1. The van der Waals surface area contributed by atoms with Crippen molar-refractivity contribution < 1.29 is 4.79 Å². The molecule has 1 aromatic rings. The van der Waals surface area contributed by atoms with E-state index in [2.05, 4.69) is 52.1 Å². The minimum absolute atomic E-state index is 0. The molecule has 1 aromatic carbocycles. The Kier molecular flexibility index (Phi) is 9.91. The van der Waals surface area contributed by atoms with E-state index in [9.17, 15) is 4.79 Å². The van der Waals surface area contributed by atoms with Crippen molar-refractivity contribution in [2.75, 3.05) is 13.6 Å². The van der Waals surface area contributed by atoms with Crippen LogP contribution in [0.2, 0.25) is 0 Å². The molecule has 0 heterocycles. The molecule has 0 aliphatic heterocycles. The Morgan fingerprint density at radius 3 is 2.57 bits per heavy atom. The summed E-state index contributed by atoms with van der Waals surface area (Å²) in [4.78, 5) is 18.0. The van der Waals surface area contributed by atoms with Crippen LogP contribution in [0.15, 0.2) is 40.2 Å². The molecule has 0 bridgehead atoms. The van der Waals surface area contributed by atoms with Crippen LogP contribution in [0.3, 0.4) is 0 Å². The maximum Gasteiger partial charge on any atom is 0.223 e. The van der Waals surface area contributed by atoms with E-state index in [0.717, 1.165) is 51.0 Å². The van der Waals surface area contributed by atoms with Crippen LogP contribution in [0.5, 0.6) is 0 Å². The van der Waals surface area contributed by atoms with Crippen molar-refractivity contribution in [3.63, 3.8) is 0 Å². The first-order valence-corrected chi connectivity index (χ1v) is 11.0. The van der Waals surface area contributed by atoms with Crippen molar-refractivity contribution in [2.45, 2.75) is 67.7 Å². The molecule has 156 valence electrons. The standard InChI is InChI=1S/C21H32N4OS.HI/c1-15(27-19-9-4-3-5-10-19)14-23-21(22-2)25-18-8-6-7-16(13-18)20(26)24-17-11-12-17;/h3-5,9-10,15-18H,6-8,11-14H2,1-2H3,(H,24,26)(H2,22,23,25);1H. The molecule has 0 radical (unpaired) electrons. The summed E-state index contributed by atoms with van der Waals surface area (Å²) in [6.07, 6.45) is 6.40. The lowest BCUT2D eigenvalue weighted by molar-refractivity contribution is -0.126. The van der Waals surface area contributed by atoms with Crippen LogP contribution < -0.4 is 16.0 Å². The fraction of sp³-hybridized carbons (Fsp3) is 0.619. The van der Waals surface area contributed by atoms with E-state index >= 15 is 0 Å². The molecular weight excluding hydrogens is 483 g/mol. The van der Waals surface area contributed by atoms with Gasteiger partial charge in [0.15, 0.2) is 5.96 Å². The number of halogens is 1. The summed E-state index contributed by atoms with van der Waals surface area (Å²) in [7, 11) is 1.81. The molecule has 0 aromatic heterocycles. The van der Waals surface area contributed by atoms with Crippen LogP contribution in [-0.4, -0.2) is 42.8 Å². The van der Waals surface area contributed by atoms with E-state index in [0.29, 0.717) is 17.3 Å². The van der Waals surface area contributed by atoms with E-state index in [4.69, 9.17) is 0 Å². The lowest BCUT2D eigenvalue weighted by Gasteiger charge is -2.30.